The monoisotopic (exact) mass is 370 g/mol. The van der Waals surface area contributed by atoms with Crippen LogP contribution in [0, 0.1) is 11.7 Å². The number of piperidine rings is 1. The van der Waals surface area contributed by atoms with Crippen LogP contribution in [0.1, 0.15) is 18.1 Å². The van der Waals surface area contributed by atoms with Crippen LogP contribution in [0.25, 0.3) is 0 Å². The molecular formula is C17H24ClFN4O2. The lowest BCUT2D eigenvalue weighted by molar-refractivity contribution is -0.142. The van der Waals surface area contributed by atoms with Crippen LogP contribution in [0.3, 0.4) is 0 Å². The number of carbonyl (C=O) groups excluding carboxylic acids is 1. The molecule has 3 aliphatic heterocycles. The average molecular weight is 371 g/mol. The Morgan fingerprint density at radius 1 is 1.32 bits per heavy atom. The molecule has 0 radical (unpaired) electrons. The van der Waals surface area contributed by atoms with Crippen LogP contribution in [-0.2, 0) is 9.53 Å². The summed E-state index contributed by atoms with van der Waals surface area (Å²) in [5.41, 5.74) is 7.22. The van der Waals surface area contributed by atoms with Gasteiger partial charge in [-0.15, -0.1) is 12.4 Å². The van der Waals surface area contributed by atoms with Crippen LogP contribution < -0.4 is 16.2 Å². The predicted octanol–water partition coefficient (Wildman–Crippen LogP) is 0.602. The van der Waals surface area contributed by atoms with E-state index >= 15 is 0 Å². The zero-order chi connectivity index (χ0) is 16.5. The van der Waals surface area contributed by atoms with Crippen molar-refractivity contribution in [1.29, 1.82) is 0 Å². The number of fused-ring (bicyclic) bond motifs is 1. The molecule has 0 saturated carbocycles. The van der Waals surface area contributed by atoms with Gasteiger partial charge in [0.15, 0.2) is 0 Å². The van der Waals surface area contributed by atoms with Crippen molar-refractivity contribution in [2.24, 2.45) is 5.92 Å². The van der Waals surface area contributed by atoms with Gasteiger partial charge >= 0.3 is 0 Å². The Labute approximate surface area is 152 Å². The lowest BCUT2D eigenvalue weighted by Gasteiger charge is -2.36. The quantitative estimate of drug-likeness (QED) is 0.711. The highest BCUT2D eigenvalue weighted by Crippen LogP contribution is 2.26. The third-order valence-electron chi connectivity index (χ3n) is 5.25. The number of morpholine rings is 1. The lowest BCUT2D eigenvalue weighted by atomic mass is 9.88. The second-order valence-electron chi connectivity index (χ2n) is 6.73. The smallest absolute Gasteiger partial charge is 0.241 e. The molecule has 3 heterocycles. The van der Waals surface area contributed by atoms with E-state index in [2.05, 4.69) is 16.2 Å². The van der Waals surface area contributed by atoms with Gasteiger partial charge < -0.3 is 15.0 Å². The van der Waals surface area contributed by atoms with Gasteiger partial charge in [-0.25, -0.2) is 9.82 Å². The van der Waals surface area contributed by atoms with E-state index in [0.29, 0.717) is 25.7 Å². The van der Waals surface area contributed by atoms with Gasteiger partial charge in [-0.2, -0.15) is 0 Å². The van der Waals surface area contributed by atoms with E-state index in [4.69, 9.17) is 4.74 Å². The van der Waals surface area contributed by atoms with Crippen molar-refractivity contribution >= 4 is 18.3 Å². The normalized spacial score (nSPS) is 32.0. The summed E-state index contributed by atoms with van der Waals surface area (Å²) in [6.07, 6.45) is 0.754. The van der Waals surface area contributed by atoms with Crippen molar-refractivity contribution in [3.63, 3.8) is 0 Å². The first-order valence-corrected chi connectivity index (χ1v) is 8.60. The van der Waals surface area contributed by atoms with Gasteiger partial charge in [0, 0.05) is 25.0 Å². The van der Waals surface area contributed by atoms with Gasteiger partial charge in [0.1, 0.15) is 18.0 Å². The number of halogens is 2. The van der Waals surface area contributed by atoms with Gasteiger partial charge in [-0.1, -0.05) is 12.1 Å². The van der Waals surface area contributed by atoms with Crippen LogP contribution >= 0.6 is 12.4 Å². The van der Waals surface area contributed by atoms with Crippen molar-refractivity contribution in [1.82, 2.24) is 21.1 Å². The standard InChI is InChI=1S/C17H23FN4O2.ClH/c18-12-3-1-2-11(8-12)15-10-22(6-7-24-15)17(23)16-13-9-19-5-4-14(13)20-21-16;/h1-3,8,13-16,19-21H,4-7,9-10H2;1H. The molecule has 0 bridgehead atoms. The number of ether oxygens (including phenoxy) is 1. The topological polar surface area (TPSA) is 65.6 Å². The van der Waals surface area contributed by atoms with Gasteiger partial charge in [0.2, 0.25) is 5.91 Å². The summed E-state index contributed by atoms with van der Waals surface area (Å²) in [5, 5.41) is 3.37. The molecule has 4 rings (SSSR count). The molecule has 8 heteroatoms. The minimum atomic E-state index is -0.280. The zero-order valence-corrected chi connectivity index (χ0v) is 14.7. The number of amides is 1. The number of benzene rings is 1. The van der Waals surface area contributed by atoms with Crippen LogP contribution in [0.5, 0.6) is 0 Å². The van der Waals surface area contributed by atoms with Gasteiger partial charge in [0.25, 0.3) is 0 Å². The molecule has 1 aromatic carbocycles. The highest BCUT2D eigenvalue weighted by Gasteiger charge is 2.43. The number of carbonyl (C=O) groups is 1. The van der Waals surface area contributed by atoms with E-state index in [9.17, 15) is 9.18 Å². The fourth-order valence-corrected chi connectivity index (χ4v) is 3.92. The number of rotatable bonds is 2. The molecule has 3 N–H and O–H groups in total. The number of nitrogens with one attached hydrogen (secondary N) is 3. The minimum absolute atomic E-state index is 0. The molecule has 3 aliphatic rings. The fraction of sp³-hybridized carbons (Fsp3) is 0.588. The molecule has 138 valence electrons. The Bertz CT molecular complexity index is 620. The molecule has 1 amide bonds. The van der Waals surface area contributed by atoms with E-state index in [1.165, 1.54) is 12.1 Å². The first-order valence-electron chi connectivity index (χ1n) is 8.60. The van der Waals surface area contributed by atoms with Crippen molar-refractivity contribution < 1.29 is 13.9 Å². The molecule has 1 aromatic rings. The van der Waals surface area contributed by atoms with E-state index in [-0.39, 0.29) is 42.2 Å². The Hall–Kier alpha value is -1.25. The summed E-state index contributed by atoms with van der Waals surface area (Å²) in [4.78, 5) is 14.8. The van der Waals surface area contributed by atoms with Gasteiger partial charge in [-0.3, -0.25) is 10.2 Å². The number of hydrogen-bond acceptors (Lipinski definition) is 5. The second-order valence-corrected chi connectivity index (χ2v) is 6.73. The first-order chi connectivity index (χ1) is 11.7. The number of hydrogen-bond donors (Lipinski definition) is 3. The maximum absolute atomic E-state index is 13.4. The van der Waals surface area contributed by atoms with Crippen molar-refractivity contribution in [2.75, 3.05) is 32.8 Å². The molecule has 3 fully saturated rings. The molecule has 4 atom stereocenters. The highest BCUT2D eigenvalue weighted by molar-refractivity contribution is 5.85. The molecule has 6 nitrogen and oxygen atoms in total. The summed E-state index contributed by atoms with van der Waals surface area (Å²) in [6.45, 7) is 3.34. The molecule has 4 unspecified atom stereocenters. The van der Waals surface area contributed by atoms with Crippen molar-refractivity contribution in [3.8, 4) is 0 Å². The Morgan fingerprint density at radius 2 is 2.20 bits per heavy atom. The van der Waals surface area contributed by atoms with Crippen LogP contribution in [0.15, 0.2) is 24.3 Å². The third-order valence-corrected chi connectivity index (χ3v) is 5.25. The molecule has 3 saturated heterocycles. The first kappa shape index (κ1) is 18.5. The molecule has 25 heavy (non-hydrogen) atoms. The summed E-state index contributed by atoms with van der Waals surface area (Å²) in [5.74, 6) is 0.0856. The van der Waals surface area contributed by atoms with E-state index in [1.54, 1.807) is 6.07 Å². The molecule has 0 aromatic heterocycles. The molecule has 0 aliphatic carbocycles. The van der Waals surface area contributed by atoms with Crippen molar-refractivity contribution in [3.05, 3.63) is 35.6 Å². The summed E-state index contributed by atoms with van der Waals surface area (Å²) < 4.78 is 19.2. The molecular weight excluding hydrogens is 347 g/mol. The predicted molar refractivity (Wildman–Crippen MR) is 93.7 cm³/mol. The van der Waals surface area contributed by atoms with E-state index in [0.717, 1.165) is 25.1 Å². The van der Waals surface area contributed by atoms with E-state index < -0.39 is 0 Å². The maximum atomic E-state index is 13.4. The Kier molecular flexibility index (Phi) is 5.91. The third kappa shape index (κ3) is 3.80. The Balaban J connectivity index is 0.00000182. The fourth-order valence-electron chi connectivity index (χ4n) is 3.92. The van der Waals surface area contributed by atoms with Gasteiger partial charge in [0.05, 0.1) is 13.2 Å². The largest absolute Gasteiger partial charge is 0.370 e. The Morgan fingerprint density at radius 3 is 3.04 bits per heavy atom. The SMILES string of the molecule is Cl.O=C(C1NNC2CCNCC21)N1CCOC(c2cccc(F)c2)C1. The number of nitrogens with zero attached hydrogens (tertiary/aromatic N) is 1. The zero-order valence-electron chi connectivity index (χ0n) is 13.9. The van der Waals surface area contributed by atoms with Crippen molar-refractivity contribution in [2.45, 2.75) is 24.6 Å². The van der Waals surface area contributed by atoms with Gasteiger partial charge in [-0.05, 0) is 30.7 Å². The molecule has 0 spiro atoms. The van der Waals surface area contributed by atoms with Crippen LogP contribution in [0.2, 0.25) is 0 Å². The average Bonchev–Trinajstić information content (AvgIpc) is 3.05. The van der Waals surface area contributed by atoms with Crippen LogP contribution in [-0.4, -0.2) is 55.7 Å². The minimum Gasteiger partial charge on any atom is -0.370 e. The lowest BCUT2D eigenvalue weighted by Crippen LogP contribution is -2.53. The second kappa shape index (κ2) is 7.97. The highest BCUT2D eigenvalue weighted by atomic mass is 35.5. The summed E-state index contributed by atoms with van der Waals surface area (Å²) >= 11 is 0. The summed E-state index contributed by atoms with van der Waals surface area (Å²) in [7, 11) is 0. The number of hydrazine groups is 1. The summed E-state index contributed by atoms with van der Waals surface area (Å²) in [6, 6.07) is 6.55. The maximum Gasteiger partial charge on any atom is 0.241 e. The van der Waals surface area contributed by atoms with Crippen LogP contribution in [0.4, 0.5) is 4.39 Å². The van der Waals surface area contributed by atoms with E-state index in [1.807, 2.05) is 11.0 Å².